The molecule has 8 heteroatoms. The van der Waals surface area contributed by atoms with E-state index in [4.69, 9.17) is 11.5 Å². The van der Waals surface area contributed by atoms with Crippen molar-refractivity contribution in [2.24, 2.45) is 11.7 Å². The zero-order chi connectivity index (χ0) is 15.1. The van der Waals surface area contributed by atoms with E-state index in [2.05, 4.69) is 15.9 Å². The van der Waals surface area contributed by atoms with Crippen molar-refractivity contribution in [3.63, 3.8) is 0 Å². The molecule has 20 heavy (non-hydrogen) atoms. The highest BCUT2D eigenvalue weighted by Crippen LogP contribution is 2.31. The topological polar surface area (TPSA) is 106 Å². The smallest absolute Gasteiger partial charge is 0.243 e. The maximum absolute atomic E-state index is 12.6. The Morgan fingerprint density at radius 3 is 2.65 bits per heavy atom. The number of hydrogen-bond donors (Lipinski definition) is 2. The van der Waals surface area contributed by atoms with Gasteiger partial charge in [0.15, 0.2) is 0 Å². The van der Waals surface area contributed by atoms with Gasteiger partial charge in [-0.1, -0.05) is 15.9 Å². The van der Waals surface area contributed by atoms with Crippen LogP contribution in [0.25, 0.3) is 0 Å². The van der Waals surface area contributed by atoms with Gasteiger partial charge in [0.1, 0.15) is 0 Å². The number of anilines is 1. The molecule has 0 radical (unpaired) electrons. The molecule has 1 heterocycles. The van der Waals surface area contributed by atoms with Crippen LogP contribution in [0.5, 0.6) is 0 Å². The van der Waals surface area contributed by atoms with E-state index in [1.165, 1.54) is 10.4 Å². The summed E-state index contributed by atoms with van der Waals surface area (Å²) in [6.45, 7) is 2.08. The third-order valence-corrected chi connectivity index (χ3v) is 5.99. The first-order chi connectivity index (χ1) is 9.23. The van der Waals surface area contributed by atoms with Crippen molar-refractivity contribution < 1.29 is 13.2 Å². The van der Waals surface area contributed by atoms with Crippen LogP contribution >= 0.6 is 15.9 Å². The summed E-state index contributed by atoms with van der Waals surface area (Å²) in [7, 11) is -3.67. The van der Waals surface area contributed by atoms with Gasteiger partial charge in [-0.2, -0.15) is 4.31 Å². The Morgan fingerprint density at radius 2 is 2.10 bits per heavy atom. The Labute approximate surface area is 126 Å². The van der Waals surface area contributed by atoms with E-state index in [9.17, 15) is 13.2 Å². The monoisotopic (exact) mass is 361 g/mol. The summed E-state index contributed by atoms with van der Waals surface area (Å²) in [6, 6.07) is 3.18. The molecule has 1 fully saturated rings. The Kier molecular flexibility index (Phi) is 4.08. The Balaban J connectivity index is 2.40. The number of primary amides is 1. The van der Waals surface area contributed by atoms with Gasteiger partial charge >= 0.3 is 0 Å². The molecular formula is C12H16BrN3O3S. The lowest BCUT2D eigenvalue weighted by Crippen LogP contribution is -2.32. The van der Waals surface area contributed by atoms with Crippen LogP contribution in [0, 0.1) is 12.8 Å². The van der Waals surface area contributed by atoms with Crippen molar-refractivity contribution in [2.45, 2.75) is 18.2 Å². The lowest BCUT2D eigenvalue weighted by Gasteiger charge is -2.18. The number of carbonyl (C=O) groups excluding carboxylic acids is 1. The van der Waals surface area contributed by atoms with Gasteiger partial charge in [0.05, 0.1) is 10.8 Å². The van der Waals surface area contributed by atoms with Crippen LogP contribution in [0.4, 0.5) is 5.69 Å². The quantitative estimate of drug-likeness (QED) is 0.777. The number of amides is 1. The van der Waals surface area contributed by atoms with Crippen molar-refractivity contribution >= 4 is 37.5 Å². The molecule has 0 aromatic heterocycles. The maximum Gasteiger partial charge on any atom is 0.243 e. The van der Waals surface area contributed by atoms with Gasteiger partial charge in [-0.25, -0.2) is 8.42 Å². The van der Waals surface area contributed by atoms with Gasteiger partial charge in [-0.15, -0.1) is 0 Å². The number of nitrogen functional groups attached to an aromatic ring is 1. The van der Waals surface area contributed by atoms with Crippen LogP contribution in [0.3, 0.4) is 0 Å². The summed E-state index contributed by atoms with van der Waals surface area (Å²) in [5, 5.41) is 0. The fourth-order valence-electron chi connectivity index (χ4n) is 2.26. The van der Waals surface area contributed by atoms with Gasteiger partial charge in [0.2, 0.25) is 15.9 Å². The molecule has 1 amide bonds. The lowest BCUT2D eigenvalue weighted by atomic mass is 10.1. The molecule has 1 aromatic rings. The van der Waals surface area contributed by atoms with E-state index in [1.807, 2.05) is 0 Å². The van der Waals surface area contributed by atoms with Crippen molar-refractivity contribution in [3.8, 4) is 0 Å². The molecule has 0 bridgehead atoms. The predicted octanol–water partition coefficient (Wildman–Crippen LogP) is 0.836. The standard InChI is InChI=1S/C12H16BrN3O3S/c1-7-10(14)4-9(13)5-11(7)20(18,19)16-3-2-8(6-16)12(15)17/h4-5,8H,2-3,6,14H2,1H3,(H2,15,17). The van der Waals surface area contributed by atoms with E-state index in [-0.39, 0.29) is 11.4 Å². The van der Waals surface area contributed by atoms with Crippen LogP contribution in [-0.2, 0) is 14.8 Å². The van der Waals surface area contributed by atoms with E-state index in [0.717, 1.165) is 0 Å². The van der Waals surface area contributed by atoms with E-state index in [1.54, 1.807) is 13.0 Å². The Morgan fingerprint density at radius 1 is 1.45 bits per heavy atom. The van der Waals surface area contributed by atoms with E-state index >= 15 is 0 Å². The number of rotatable bonds is 3. The SMILES string of the molecule is Cc1c(N)cc(Br)cc1S(=O)(=O)N1CCC(C(N)=O)C1. The minimum absolute atomic E-state index is 0.128. The molecule has 0 aliphatic carbocycles. The molecule has 0 spiro atoms. The number of benzene rings is 1. The molecule has 1 aliphatic rings. The molecule has 110 valence electrons. The fourth-order valence-corrected chi connectivity index (χ4v) is 4.67. The number of sulfonamides is 1. The molecule has 1 unspecified atom stereocenters. The van der Waals surface area contributed by atoms with Gasteiger partial charge in [-0.3, -0.25) is 4.79 Å². The molecule has 2 rings (SSSR count). The molecule has 1 aromatic carbocycles. The largest absolute Gasteiger partial charge is 0.398 e. The summed E-state index contributed by atoms with van der Waals surface area (Å²) in [4.78, 5) is 11.3. The molecule has 6 nitrogen and oxygen atoms in total. The predicted molar refractivity (Wildman–Crippen MR) is 79.4 cm³/mol. The van der Waals surface area contributed by atoms with Crippen LogP contribution in [-0.4, -0.2) is 31.7 Å². The number of nitrogens with two attached hydrogens (primary N) is 2. The molecule has 1 saturated heterocycles. The van der Waals surface area contributed by atoms with E-state index < -0.39 is 21.8 Å². The summed E-state index contributed by atoms with van der Waals surface area (Å²) < 4.78 is 27.1. The highest BCUT2D eigenvalue weighted by atomic mass is 79.9. The number of nitrogens with zero attached hydrogens (tertiary/aromatic N) is 1. The number of hydrogen-bond acceptors (Lipinski definition) is 4. The first kappa shape index (κ1) is 15.3. The fraction of sp³-hybridized carbons (Fsp3) is 0.417. The summed E-state index contributed by atoms with van der Waals surface area (Å²) in [6.07, 6.45) is 0.455. The third-order valence-electron chi connectivity index (χ3n) is 3.54. The average Bonchev–Trinajstić information content (AvgIpc) is 2.83. The second kappa shape index (κ2) is 5.34. The van der Waals surface area contributed by atoms with Gasteiger partial charge < -0.3 is 11.5 Å². The third kappa shape index (κ3) is 2.68. The molecule has 0 saturated carbocycles. The van der Waals surface area contributed by atoms with Crippen LogP contribution < -0.4 is 11.5 Å². The summed E-state index contributed by atoms with van der Waals surface area (Å²) >= 11 is 3.25. The molecular weight excluding hydrogens is 346 g/mol. The highest BCUT2D eigenvalue weighted by Gasteiger charge is 2.35. The second-order valence-electron chi connectivity index (χ2n) is 4.87. The summed E-state index contributed by atoms with van der Waals surface area (Å²) in [5.41, 5.74) is 12.0. The Hall–Kier alpha value is -1.12. The Bertz CT molecular complexity index is 660. The van der Waals surface area contributed by atoms with Crippen LogP contribution in [0.15, 0.2) is 21.5 Å². The highest BCUT2D eigenvalue weighted by molar-refractivity contribution is 9.10. The van der Waals surface area contributed by atoms with Crippen molar-refractivity contribution in [1.82, 2.24) is 4.31 Å². The summed E-state index contributed by atoms with van der Waals surface area (Å²) in [5.74, 6) is -0.886. The zero-order valence-corrected chi connectivity index (χ0v) is 13.4. The average molecular weight is 362 g/mol. The maximum atomic E-state index is 12.6. The number of halogens is 1. The van der Waals surface area contributed by atoms with Crippen LogP contribution in [0.2, 0.25) is 0 Å². The normalized spacial score (nSPS) is 20.2. The van der Waals surface area contributed by atoms with Crippen molar-refractivity contribution in [3.05, 3.63) is 22.2 Å². The van der Waals surface area contributed by atoms with Gasteiger partial charge in [0.25, 0.3) is 0 Å². The van der Waals surface area contributed by atoms with Crippen LogP contribution in [0.1, 0.15) is 12.0 Å². The lowest BCUT2D eigenvalue weighted by molar-refractivity contribution is -0.121. The molecule has 1 atom stereocenters. The minimum atomic E-state index is -3.67. The first-order valence-electron chi connectivity index (χ1n) is 6.08. The molecule has 4 N–H and O–H groups in total. The first-order valence-corrected chi connectivity index (χ1v) is 8.32. The van der Waals surface area contributed by atoms with Gasteiger partial charge in [0, 0.05) is 23.2 Å². The zero-order valence-electron chi connectivity index (χ0n) is 11.0. The van der Waals surface area contributed by atoms with Gasteiger partial charge in [-0.05, 0) is 31.0 Å². The number of carbonyl (C=O) groups is 1. The second-order valence-corrected chi connectivity index (χ2v) is 7.69. The molecule has 1 aliphatic heterocycles. The van der Waals surface area contributed by atoms with Crippen molar-refractivity contribution in [1.29, 1.82) is 0 Å². The van der Waals surface area contributed by atoms with E-state index in [0.29, 0.717) is 28.7 Å². The minimum Gasteiger partial charge on any atom is -0.398 e. The van der Waals surface area contributed by atoms with Crippen molar-refractivity contribution in [2.75, 3.05) is 18.8 Å².